The highest BCUT2D eigenvalue weighted by molar-refractivity contribution is 4.93. The molecule has 1 aromatic rings. The van der Waals surface area contributed by atoms with Crippen molar-refractivity contribution in [3.05, 3.63) is 11.9 Å². The lowest BCUT2D eigenvalue weighted by molar-refractivity contribution is 0.0724. The van der Waals surface area contributed by atoms with Crippen LogP contribution in [0.4, 0.5) is 0 Å². The van der Waals surface area contributed by atoms with Gasteiger partial charge in [0.1, 0.15) is 0 Å². The van der Waals surface area contributed by atoms with Crippen LogP contribution < -0.4 is 0 Å². The molecule has 0 bridgehead atoms. The van der Waals surface area contributed by atoms with Gasteiger partial charge in [-0.15, -0.1) is 5.10 Å². The van der Waals surface area contributed by atoms with Crippen LogP contribution in [0, 0.1) is 17.8 Å². The fourth-order valence-corrected chi connectivity index (χ4v) is 2.86. The number of hydrogen-bond donors (Lipinski definition) is 0. The van der Waals surface area contributed by atoms with Gasteiger partial charge in [-0.2, -0.15) is 0 Å². The van der Waals surface area contributed by atoms with Crippen molar-refractivity contribution in [3.8, 4) is 0 Å². The average Bonchev–Trinajstić information content (AvgIpc) is 2.83. The van der Waals surface area contributed by atoms with E-state index in [1.165, 1.54) is 25.7 Å². The van der Waals surface area contributed by atoms with Crippen LogP contribution in [0.1, 0.15) is 52.1 Å². The molecule has 0 unspecified atom stereocenters. The van der Waals surface area contributed by atoms with Crippen LogP contribution in [0.25, 0.3) is 0 Å². The van der Waals surface area contributed by atoms with E-state index in [-0.39, 0.29) is 0 Å². The lowest BCUT2D eigenvalue weighted by Crippen LogP contribution is -2.18. The Balaban J connectivity index is 1.60. The molecule has 1 fully saturated rings. The average molecular weight is 279 g/mol. The summed E-state index contributed by atoms with van der Waals surface area (Å²) in [5, 5.41) is 8.34. The predicted molar refractivity (Wildman–Crippen MR) is 80.5 cm³/mol. The Morgan fingerprint density at radius 3 is 2.75 bits per heavy atom. The lowest BCUT2D eigenvalue weighted by atomic mass is 9.83. The molecule has 0 spiro atoms. The van der Waals surface area contributed by atoms with Gasteiger partial charge in [-0.1, -0.05) is 38.8 Å². The molecule has 0 N–H and O–H groups in total. The van der Waals surface area contributed by atoms with Gasteiger partial charge in [0.15, 0.2) is 0 Å². The Morgan fingerprint density at radius 2 is 2.05 bits per heavy atom. The molecule has 0 aliphatic heterocycles. The van der Waals surface area contributed by atoms with Crippen molar-refractivity contribution in [2.75, 3.05) is 13.2 Å². The number of aromatic nitrogens is 3. The van der Waals surface area contributed by atoms with Gasteiger partial charge < -0.3 is 4.74 Å². The molecule has 2 rings (SSSR count). The zero-order valence-corrected chi connectivity index (χ0v) is 13.2. The van der Waals surface area contributed by atoms with Crippen molar-refractivity contribution in [1.82, 2.24) is 15.0 Å². The van der Waals surface area contributed by atoms with Crippen molar-refractivity contribution >= 4 is 0 Å². The topological polar surface area (TPSA) is 39.9 Å². The molecular weight excluding hydrogens is 250 g/mol. The lowest BCUT2D eigenvalue weighted by Gasteiger charge is -2.25. The first kappa shape index (κ1) is 15.5. The third-order valence-electron chi connectivity index (χ3n) is 4.16. The molecule has 114 valence electrons. The Kier molecular flexibility index (Phi) is 6.02. The number of rotatable bonds is 7. The molecule has 1 heterocycles. The van der Waals surface area contributed by atoms with Crippen LogP contribution in [-0.2, 0) is 17.7 Å². The van der Waals surface area contributed by atoms with E-state index in [1.807, 2.05) is 10.9 Å². The summed E-state index contributed by atoms with van der Waals surface area (Å²) in [7, 11) is 0. The van der Waals surface area contributed by atoms with Gasteiger partial charge >= 0.3 is 0 Å². The molecule has 1 saturated carbocycles. The molecule has 4 nitrogen and oxygen atoms in total. The number of hydrogen-bond acceptors (Lipinski definition) is 3. The second kappa shape index (κ2) is 7.77. The van der Waals surface area contributed by atoms with Gasteiger partial charge in [0.25, 0.3) is 0 Å². The van der Waals surface area contributed by atoms with Crippen molar-refractivity contribution in [2.24, 2.45) is 17.8 Å². The minimum absolute atomic E-state index is 0.630. The van der Waals surface area contributed by atoms with E-state index in [0.29, 0.717) is 5.92 Å². The Morgan fingerprint density at radius 1 is 1.30 bits per heavy atom. The Hall–Kier alpha value is -0.900. The third kappa shape index (κ3) is 5.23. The standard InChI is InChI=1S/C16H29N3O/c1-13(2)10-16-11-19(18-17-16)8-9-20-12-15-6-4-14(3)5-7-15/h11,13-15H,4-10,12H2,1-3H3. The molecule has 0 radical (unpaired) electrons. The van der Waals surface area contributed by atoms with Gasteiger partial charge in [-0.25, -0.2) is 4.68 Å². The van der Waals surface area contributed by atoms with E-state index in [2.05, 4.69) is 31.1 Å². The molecule has 1 aliphatic carbocycles. The SMILES string of the molecule is CC(C)Cc1cn(CCOCC2CCC(C)CC2)nn1. The summed E-state index contributed by atoms with van der Waals surface area (Å²) in [6.45, 7) is 9.24. The summed E-state index contributed by atoms with van der Waals surface area (Å²) in [6, 6.07) is 0. The van der Waals surface area contributed by atoms with E-state index in [4.69, 9.17) is 4.74 Å². The van der Waals surface area contributed by atoms with Crippen molar-refractivity contribution in [1.29, 1.82) is 0 Å². The van der Waals surface area contributed by atoms with Gasteiger partial charge in [0.2, 0.25) is 0 Å². The molecule has 0 amide bonds. The van der Waals surface area contributed by atoms with Crippen molar-refractivity contribution in [2.45, 2.75) is 59.4 Å². The minimum atomic E-state index is 0.630. The van der Waals surface area contributed by atoms with Crippen LogP contribution in [0.5, 0.6) is 0 Å². The van der Waals surface area contributed by atoms with E-state index in [9.17, 15) is 0 Å². The monoisotopic (exact) mass is 279 g/mol. The fourth-order valence-electron chi connectivity index (χ4n) is 2.86. The molecule has 1 aromatic heterocycles. The summed E-state index contributed by atoms with van der Waals surface area (Å²) in [4.78, 5) is 0. The van der Waals surface area contributed by atoms with Gasteiger partial charge in [0.05, 0.1) is 18.8 Å². The zero-order chi connectivity index (χ0) is 14.4. The van der Waals surface area contributed by atoms with Gasteiger partial charge in [0, 0.05) is 12.8 Å². The molecule has 1 aliphatic rings. The summed E-state index contributed by atoms with van der Waals surface area (Å²) in [5.74, 6) is 2.32. The second-order valence-corrected chi connectivity index (χ2v) is 6.77. The van der Waals surface area contributed by atoms with Crippen LogP contribution >= 0.6 is 0 Å². The van der Waals surface area contributed by atoms with Crippen LogP contribution in [-0.4, -0.2) is 28.2 Å². The molecule has 0 atom stereocenters. The molecular formula is C16H29N3O. The highest BCUT2D eigenvalue weighted by Gasteiger charge is 2.17. The van der Waals surface area contributed by atoms with Crippen LogP contribution in [0.2, 0.25) is 0 Å². The third-order valence-corrected chi connectivity index (χ3v) is 4.16. The quantitative estimate of drug-likeness (QED) is 0.719. The first-order chi connectivity index (χ1) is 9.63. The Labute approximate surface area is 122 Å². The molecule has 0 saturated heterocycles. The number of ether oxygens (including phenoxy) is 1. The summed E-state index contributed by atoms with van der Waals surface area (Å²) in [6.07, 6.45) is 8.46. The molecule has 20 heavy (non-hydrogen) atoms. The van der Waals surface area contributed by atoms with E-state index < -0.39 is 0 Å². The summed E-state index contributed by atoms with van der Waals surface area (Å²) < 4.78 is 7.72. The fraction of sp³-hybridized carbons (Fsp3) is 0.875. The highest BCUT2D eigenvalue weighted by Crippen LogP contribution is 2.28. The maximum atomic E-state index is 5.81. The van der Waals surface area contributed by atoms with Gasteiger partial charge in [-0.3, -0.25) is 0 Å². The van der Waals surface area contributed by atoms with E-state index in [0.717, 1.165) is 43.7 Å². The second-order valence-electron chi connectivity index (χ2n) is 6.77. The normalized spacial score (nSPS) is 23.4. The van der Waals surface area contributed by atoms with Gasteiger partial charge in [-0.05, 0) is 37.0 Å². The highest BCUT2D eigenvalue weighted by atomic mass is 16.5. The first-order valence-corrected chi connectivity index (χ1v) is 8.10. The Bertz CT molecular complexity index is 381. The van der Waals surface area contributed by atoms with E-state index in [1.54, 1.807) is 0 Å². The van der Waals surface area contributed by atoms with Crippen molar-refractivity contribution < 1.29 is 4.74 Å². The van der Waals surface area contributed by atoms with Crippen LogP contribution in [0.15, 0.2) is 6.20 Å². The van der Waals surface area contributed by atoms with E-state index >= 15 is 0 Å². The maximum absolute atomic E-state index is 5.81. The first-order valence-electron chi connectivity index (χ1n) is 8.10. The zero-order valence-electron chi connectivity index (χ0n) is 13.2. The van der Waals surface area contributed by atoms with Crippen LogP contribution in [0.3, 0.4) is 0 Å². The summed E-state index contributed by atoms with van der Waals surface area (Å²) >= 11 is 0. The minimum Gasteiger partial charge on any atom is -0.379 e. The molecule has 0 aromatic carbocycles. The summed E-state index contributed by atoms with van der Waals surface area (Å²) in [5.41, 5.74) is 1.08. The largest absolute Gasteiger partial charge is 0.379 e. The molecule has 4 heteroatoms. The smallest absolute Gasteiger partial charge is 0.0829 e. The van der Waals surface area contributed by atoms with Crippen molar-refractivity contribution in [3.63, 3.8) is 0 Å². The predicted octanol–water partition coefficient (Wildman–Crippen LogP) is 3.32. The maximum Gasteiger partial charge on any atom is 0.0829 e. The number of nitrogens with zero attached hydrogens (tertiary/aromatic N) is 3.